The topological polar surface area (TPSA) is 81.9 Å². The summed E-state index contributed by atoms with van der Waals surface area (Å²) in [6, 6.07) is 12.3. The van der Waals surface area contributed by atoms with E-state index < -0.39 is 0 Å². The van der Waals surface area contributed by atoms with Crippen LogP contribution in [0.1, 0.15) is 41.1 Å². The van der Waals surface area contributed by atoms with Gasteiger partial charge in [0.2, 0.25) is 5.91 Å². The van der Waals surface area contributed by atoms with Crippen LogP contribution in [0.3, 0.4) is 0 Å². The van der Waals surface area contributed by atoms with E-state index in [0.29, 0.717) is 22.7 Å². The van der Waals surface area contributed by atoms with Crippen LogP contribution in [0.4, 0.5) is 5.13 Å². The Kier molecular flexibility index (Phi) is 8.45. The third kappa shape index (κ3) is 6.47. The number of aryl methyl sites for hydroxylation is 4. The fourth-order valence-corrected chi connectivity index (χ4v) is 5.19. The minimum absolute atomic E-state index is 0.153. The molecule has 0 spiro atoms. The minimum atomic E-state index is -0.322. The lowest BCUT2D eigenvalue weighted by atomic mass is 10.1. The smallest absolute Gasteiger partial charge is 0.236 e. The number of benzene rings is 2. The van der Waals surface area contributed by atoms with Gasteiger partial charge in [-0.15, -0.1) is 28.1 Å². The second kappa shape index (κ2) is 11.7. The molecule has 0 aliphatic carbocycles. The van der Waals surface area contributed by atoms with E-state index in [1.165, 1.54) is 45.4 Å². The Hall–Kier alpha value is -3.43. The van der Waals surface area contributed by atoms with Gasteiger partial charge in [0.05, 0.1) is 11.4 Å². The number of hydrogen-bond donors (Lipinski definition) is 1. The van der Waals surface area contributed by atoms with Crippen molar-refractivity contribution in [3.05, 3.63) is 82.5 Å². The van der Waals surface area contributed by atoms with Gasteiger partial charge in [-0.1, -0.05) is 36.0 Å². The number of thiazole rings is 1. The molecule has 1 unspecified atom stereocenters. The number of thioether (sulfide) groups is 1. The first-order valence-corrected chi connectivity index (χ1v) is 13.9. The first-order valence-electron chi connectivity index (χ1n) is 12.0. The fraction of sp³-hybridized carbons (Fsp3) is 0.286. The number of aromatic nitrogens is 4. The van der Waals surface area contributed by atoms with Crippen molar-refractivity contribution in [3.8, 4) is 17.0 Å². The molecule has 0 saturated carbocycles. The molecule has 4 aromatic rings. The Morgan fingerprint density at radius 1 is 1.11 bits per heavy atom. The van der Waals surface area contributed by atoms with E-state index in [1.807, 2.05) is 41.1 Å². The Morgan fingerprint density at radius 2 is 1.84 bits per heavy atom. The number of carbonyl (C=O) groups is 1. The molecule has 1 amide bonds. The lowest BCUT2D eigenvalue weighted by Gasteiger charge is -2.16. The van der Waals surface area contributed by atoms with Crippen LogP contribution >= 0.6 is 23.1 Å². The molecule has 2 aromatic carbocycles. The number of anilines is 1. The highest BCUT2D eigenvalue weighted by atomic mass is 32.2. The van der Waals surface area contributed by atoms with Gasteiger partial charge in [0.25, 0.3) is 0 Å². The summed E-state index contributed by atoms with van der Waals surface area (Å²) in [7, 11) is 0. The molecule has 37 heavy (non-hydrogen) atoms. The zero-order chi connectivity index (χ0) is 26.5. The van der Waals surface area contributed by atoms with E-state index in [9.17, 15) is 4.79 Å². The molecular formula is C28H31N5O2S2. The van der Waals surface area contributed by atoms with E-state index in [-0.39, 0.29) is 17.8 Å². The minimum Gasteiger partial charge on any atom is -0.483 e. The highest BCUT2D eigenvalue weighted by Crippen LogP contribution is 2.28. The van der Waals surface area contributed by atoms with Crippen molar-refractivity contribution in [2.75, 3.05) is 11.1 Å². The number of nitrogens with one attached hydrogen (secondary N) is 1. The molecule has 0 saturated heterocycles. The van der Waals surface area contributed by atoms with E-state index in [1.54, 1.807) is 6.08 Å². The van der Waals surface area contributed by atoms with E-state index in [0.717, 1.165) is 17.0 Å². The summed E-state index contributed by atoms with van der Waals surface area (Å²) in [5.74, 6) is 1.49. The van der Waals surface area contributed by atoms with Crippen molar-refractivity contribution in [2.45, 2.75) is 52.4 Å². The summed E-state index contributed by atoms with van der Waals surface area (Å²) >= 11 is 2.73. The Bertz CT molecular complexity index is 1430. The Morgan fingerprint density at radius 3 is 2.54 bits per heavy atom. The molecule has 0 bridgehead atoms. The first kappa shape index (κ1) is 26.6. The second-order valence-corrected chi connectivity index (χ2v) is 10.7. The standard InChI is InChI=1S/C28H31N5O2S2/c1-7-12-33-26(21(6)35-23-11-9-18(3)20(5)14-23)31-32-28(33)37-16-25(34)30-27-29-24(15-36-27)22-10-8-17(2)19(4)13-22/h7-11,13-15,21H,1,12,16H2,2-6H3,(H,29,30,34). The molecule has 0 aliphatic rings. The fourth-order valence-electron chi connectivity index (χ4n) is 3.70. The van der Waals surface area contributed by atoms with Crippen molar-refractivity contribution in [1.82, 2.24) is 19.7 Å². The predicted octanol–water partition coefficient (Wildman–Crippen LogP) is 6.69. The third-order valence-electron chi connectivity index (χ3n) is 6.10. The van der Waals surface area contributed by atoms with E-state index in [4.69, 9.17) is 4.74 Å². The van der Waals surface area contributed by atoms with Crippen LogP contribution in [0.5, 0.6) is 5.75 Å². The zero-order valence-corrected chi connectivity index (χ0v) is 23.4. The first-order chi connectivity index (χ1) is 17.7. The van der Waals surface area contributed by atoms with Crippen LogP contribution < -0.4 is 10.1 Å². The van der Waals surface area contributed by atoms with Crippen LogP contribution in [-0.2, 0) is 11.3 Å². The van der Waals surface area contributed by atoms with Gasteiger partial charge in [-0.05, 0) is 75.1 Å². The monoisotopic (exact) mass is 533 g/mol. The van der Waals surface area contributed by atoms with Gasteiger partial charge in [-0.2, -0.15) is 0 Å². The van der Waals surface area contributed by atoms with Crippen molar-refractivity contribution in [3.63, 3.8) is 0 Å². The molecule has 4 rings (SSSR count). The molecule has 192 valence electrons. The van der Waals surface area contributed by atoms with Crippen LogP contribution in [0.25, 0.3) is 11.3 Å². The quantitative estimate of drug-likeness (QED) is 0.181. The second-order valence-electron chi connectivity index (χ2n) is 8.92. The van der Waals surface area contributed by atoms with Gasteiger partial charge in [0.1, 0.15) is 5.75 Å². The summed E-state index contributed by atoms with van der Waals surface area (Å²) < 4.78 is 8.07. The van der Waals surface area contributed by atoms with Crippen molar-refractivity contribution < 1.29 is 9.53 Å². The largest absolute Gasteiger partial charge is 0.483 e. The molecule has 0 radical (unpaired) electrons. The van der Waals surface area contributed by atoms with Gasteiger partial charge in [0, 0.05) is 17.5 Å². The maximum atomic E-state index is 12.7. The van der Waals surface area contributed by atoms with Crippen LogP contribution in [0.15, 0.2) is 59.6 Å². The SMILES string of the molecule is C=CCn1c(SCC(=O)Nc2nc(-c3ccc(C)c(C)c3)cs2)nnc1C(C)Oc1ccc(C)c(C)c1. The number of amides is 1. The molecule has 2 aromatic heterocycles. The van der Waals surface area contributed by atoms with Crippen molar-refractivity contribution in [1.29, 1.82) is 0 Å². The van der Waals surface area contributed by atoms with Crippen LogP contribution in [-0.4, -0.2) is 31.4 Å². The summed E-state index contributed by atoms with van der Waals surface area (Å²) in [6.45, 7) is 14.6. The van der Waals surface area contributed by atoms with Crippen LogP contribution in [0, 0.1) is 27.7 Å². The molecule has 9 heteroatoms. The summed E-state index contributed by atoms with van der Waals surface area (Å²) in [4.78, 5) is 17.3. The number of carbonyl (C=O) groups excluding carboxylic acids is 1. The van der Waals surface area contributed by atoms with Gasteiger partial charge in [-0.25, -0.2) is 4.98 Å². The molecule has 7 nitrogen and oxygen atoms in total. The van der Waals surface area contributed by atoms with Gasteiger partial charge < -0.3 is 10.1 Å². The van der Waals surface area contributed by atoms with E-state index in [2.05, 4.69) is 66.9 Å². The zero-order valence-electron chi connectivity index (χ0n) is 21.7. The predicted molar refractivity (Wildman–Crippen MR) is 152 cm³/mol. The number of hydrogen-bond acceptors (Lipinski definition) is 7. The Balaban J connectivity index is 1.39. The van der Waals surface area contributed by atoms with Crippen LogP contribution in [0.2, 0.25) is 0 Å². The number of nitrogens with zero attached hydrogens (tertiary/aromatic N) is 4. The highest BCUT2D eigenvalue weighted by Gasteiger charge is 2.20. The van der Waals surface area contributed by atoms with E-state index >= 15 is 0 Å². The normalized spacial score (nSPS) is 11.8. The molecule has 0 fully saturated rings. The number of ether oxygens (including phenoxy) is 1. The molecule has 0 aliphatic heterocycles. The lowest BCUT2D eigenvalue weighted by molar-refractivity contribution is -0.113. The highest BCUT2D eigenvalue weighted by molar-refractivity contribution is 7.99. The molecule has 2 heterocycles. The number of rotatable bonds is 10. The summed E-state index contributed by atoms with van der Waals surface area (Å²) in [5, 5.41) is 14.7. The molecule has 1 atom stereocenters. The van der Waals surface area contributed by atoms with Gasteiger partial charge in [-0.3, -0.25) is 9.36 Å². The number of allylic oxidation sites excluding steroid dienone is 1. The average molecular weight is 534 g/mol. The average Bonchev–Trinajstić information content (AvgIpc) is 3.49. The third-order valence-corrected chi connectivity index (χ3v) is 7.82. The summed E-state index contributed by atoms with van der Waals surface area (Å²) in [6.07, 6.45) is 1.46. The van der Waals surface area contributed by atoms with Crippen molar-refractivity contribution in [2.24, 2.45) is 0 Å². The molecular weight excluding hydrogens is 502 g/mol. The summed E-state index contributed by atoms with van der Waals surface area (Å²) in [5.41, 5.74) is 6.72. The van der Waals surface area contributed by atoms with Crippen molar-refractivity contribution >= 4 is 34.1 Å². The van der Waals surface area contributed by atoms with Gasteiger partial charge in [0.15, 0.2) is 22.2 Å². The lowest BCUT2D eigenvalue weighted by Crippen LogP contribution is -2.15. The van der Waals surface area contributed by atoms with Gasteiger partial charge >= 0.3 is 0 Å². The molecule has 1 N–H and O–H groups in total. The maximum Gasteiger partial charge on any atom is 0.236 e. The Labute approximate surface area is 226 Å². The maximum absolute atomic E-state index is 12.7.